The van der Waals surface area contributed by atoms with Gasteiger partial charge in [0.1, 0.15) is 5.82 Å². The highest BCUT2D eigenvalue weighted by atomic mass is 35.5. The van der Waals surface area contributed by atoms with E-state index in [0.29, 0.717) is 13.2 Å². The maximum atomic E-state index is 12.9. The Morgan fingerprint density at radius 3 is 2.72 bits per heavy atom. The Morgan fingerprint density at radius 1 is 1.24 bits per heavy atom. The number of anilines is 1. The number of hydrogen-bond acceptors (Lipinski definition) is 4. The lowest BCUT2D eigenvalue weighted by molar-refractivity contribution is -0.137. The summed E-state index contributed by atoms with van der Waals surface area (Å²) in [6.07, 6.45) is -0.378. The lowest BCUT2D eigenvalue weighted by Gasteiger charge is -2.28. The molecule has 1 amide bonds. The van der Waals surface area contributed by atoms with Crippen LogP contribution in [0.1, 0.15) is 16.7 Å². The number of morpholine rings is 1. The van der Waals surface area contributed by atoms with Crippen LogP contribution in [-0.2, 0) is 22.3 Å². The van der Waals surface area contributed by atoms with Gasteiger partial charge in [-0.05, 0) is 41.5 Å². The third kappa shape index (κ3) is 5.95. The maximum absolute atomic E-state index is 12.9. The summed E-state index contributed by atoms with van der Waals surface area (Å²) >= 11 is 5.59. The fraction of sp³-hybridized carbons (Fsp3) is 0.300. The van der Waals surface area contributed by atoms with Crippen molar-refractivity contribution in [3.8, 4) is 0 Å². The van der Waals surface area contributed by atoms with Gasteiger partial charge in [-0.1, -0.05) is 17.7 Å². The molecule has 0 aliphatic carbocycles. The number of halogens is 4. The first-order chi connectivity index (χ1) is 13.8. The van der Waals surface area contributed by atoms with E-state index in [1.807, 2.05) is 6.07 Å². The van der Waals surface area contributed by atoms with Gasteiger partial charge < -0.3 is 15.0 Å². The number of carbonyl (C=O) groups excluding carboxylic acids is 1. The molecule has 2 aromatic rings. The standard InChI is InChI=1S/C20H19ClF3N3O2/c21-17-3-1-14(11-16(17)20(22,23)24)2-4-19(28)26-13-15-5-6-25-18(12-15)27-7-9-29-10-8-27/h1-6,11-12H,7-10,13H2,(H,26,28)/b4-2+. The second-order valence-electron chi connectivity index (χ2n) is 6.41. The molecule has 0 spiro atoms. The average molecular weight is 426 g/mol. The molecule has 29 heavy (non-hydrogen) atoms. The number of ether oxygens (including phenoxy) is 1. The Balaban J connectivity index is 1.59. The second kappa shape index (κ2) is 9.28. The summed E-state index contributed by atoms with van der Waals surface area (Å²) in [6.45, 7) is 3.08. The predicted molar refractivity (Wildman–Crippen MR) is 105 cm³/mol. The molecule has 5 nitrogen and oxygen atoms in total. The van der Waals surface area contributed by atoms with Gasteiger partial charge in [-0.15, -0.1) is 0 Å². The summed E-state index contributed by atoms with van der Waals surface area (Å²) < 4.78 is 44.0. The van der Waals surface area contributed by atoms with Crippen LogP contribution in [0.25, 0.3) is 6.08 Å². The zero-order valence-electron chi connectivity index (χ0n) is 15.4. The minimum absolute atomic E-state index is 0.232. The Hall–Kier alpha value is -2.58. The Morgan fingerprint density at radius 2 is 2.00 bits per heavy atom. The van der Waals surface area contributed by atoms with E-state index in [9.17, 15) is 18.0 Å². The van der Waals surface area contributed by atoms with Crippen molar-refractivity contribution >= 4 is 29.4 Å². The number of nitrogens with one attached hydrogen (secondary N) is 1. The molecule has 0 saturated carbocycles. The van der Waals surface area contributed by atoms with Crippen molar-refractivity contribution in [3.05, 3.63) is 64.3 Å². The van der Waals surface area contributed by atoms with E-state index in [-0.39, 0.29) is 17.1 Å². The SMILES string of the molecule is O=C(/C=C/c1ccc(Cl)c(C(F)(F)F)c1)NCc1ccnc(N2CCOCC2)c1. The average Bonchev–Trinajstić information content (AvgIpc) is 2.71. The molecule has 0 radical (unpaired) electrons. The number of amides is 1. The van der Waals surface area contributed by atoms with E-state index < -0.39 is 17.6 Å². The molecule has 2 heterocycles. The fourth-order valence-electron chi connectivity index (χ4n) is 2.82. The van der Waals surface area contributed by atoms with Crippen molar-refractivity contribution in [1.29, 1.82) is 0 Å². The molecule has 1 aliphatic rings. The normalized spacial score (nSPS) is 15.0. The van der Waals surface area contributed by atoms with Gasteiger partial charge in [0.2, 0.25) is 5.91 Å². The second-order valence-corrected chi connectivity index (χ2v) is 6.82. The Kier molecular flexibility index (Phi) is 6.76. The zero-order chi connectivity index (χ0) is 20.9. The van der Waals surface area contributed by atoms with Gasteiger partial charge >= 0.3 is 6.18 Å². The molecule has 1 aromatic carbocycles. The number of nitrogens with zero attached hydrogens (tertiary/aromatic N) is 2. The third-order valence-corrected chi connectivity index (χ3v) is 4.66. The van der Waals surface area contributed by atoms with Crippen LogP contribution in [0.15, 0.2) is 42.6 Å². The number of benzene rings is 1. The first-order valence-electron chi connectivity index (χ1n) is 8.93. The molecule has 0 atom stereocenters. The largest absolute Gasteiger partial charge is 0.417 e. The number of alkyl halides is 3. The van der Waals surface area contributed by atoms with Crippen molar-refractivity contribution < 1.29 is 22.7 Å². The summed E-state index contributed by atoms with van der Waals surface area (Å²) in [6, 6.07) is 7.17. The topological polar surface area (TPSA) is 54.5 Å². The molecule has 1 fully saturated rings. The number of carbonyl (C=O) groups is 1. The molecule has 154 valence electrons. The van der Waals surface area contributed by atoms with Crippen LogP contribution in [0, 0.1) is 0 Å². The van der Waals surface area contributed by atoms with Gasteiger partial charge in [0, 0.05) is 31.9 Å². The van der Waals surface area contributed by atoms with E-state index >= 15 is 0 Å². The van der Waals surface area contributed by atoms with Crippen LogP contribution in [0.3, 0.4) is 0 Å². The van der Waals surface area contributed by atoms with Gasteiger partial charge in [0.15, 0.2) is 0 Å². The summed E-state index contributed by atoms with van der Waals surface area (Å²) in [7, 11) is 0. The fourth-order valence-corrected chi connectivity index (χ4v) is 3.04. The highest BCUT2D eigenvalue weighted by Gasteiger charge is 2.33. The third-order valence-electron chi connectivity index (χ3n) is 4.33. The van der Waals surface area contributed by atoms with Gasteiger partial charge in [0.05, 0.1) is 23.8 Å². The van der Waals surface area contributed by atoms with Crippen LogP contribution in [0.5, 0.6) is 0 Å². The van der Waals surface area contributed by atoms with E-state index in [0.717, 1.165) is 36.6 Å². The van der Waals surface area contributed by atoms with Crippen LogP contribution in [-0.4, -0.2) is 37.2 Å². The predicted octanol–water partition coefficient (Wildman–Crippen LogP) is 3.92. The molecule has 9 heteroatoms. The molecule has 1 saturated heterocycles. The minimum atomic E-state index is -4.55. The highest BCUT2D eigenvalue weighted by Crippen LogP contribution is 2.35. The first-order valence-corrected chi connectivity index (χ1v) is 9.31. The van der Waals surface area contributed by atoms with Crippen molar-refractivity contribution in [2.45, 2.75) is 12.7 Å². The molecule has 0 bridgehead atoms. The van der Waals surface area contributed by atoms with Crippen LogP contribution in [0.4, 0.5) is 19.0 Å². The Labute approximate surface area is 171 Å². The van der Waals surface area contributed by atoms with E-state index in [1.54, 1.807) is 12.3 Å². The van der Waals surface area contributed by atoms with Crippen molar-refractivity contribution in [3.63, 3.8) is 0 Å². The zero-order valence-corrected chi connectivity index (χ0v) is 16.1. The lowest BCUT2D eigenvalue weighted by atomic mass is 10.1. The van der Waals surface area contributed by atoms with Gasteiger partial charge in [0.25, 0.3) is 0 Å². The van der Waals surface area contributed by atoms with Crippen LogP contribution < -0.4 is 10.2 Å². The minimum Gasteiger partial charge on any atom is -0.378 e. The molecular weight excluding hydrogens is 407 g/mol. The quantitative estimate of drug-likeness (QED) is 0.738. The molecule has 3 rings (SSSR count). The van der Waals surface area contributed by atoms with Crippen molar-refractivity contribution in [1.82, 2.24) is 10.3 Å². The summed E-state index contributed by atoms with van der Waals surface area (Å²) in [5.41, 5.74) is 0.165. The van der Waals surface area contributed by atoms with E-state index in [2.05, 4.69) is 15.2 Å². The van der Waals surface area contributed by atoms with Gasteiger partial charge in [-0.3, -0.25) is 4.79 Å². The maximum Gasteiger partial charge on any atom is 0.417 e. The number of pyridine rings is 1. The van der Waals surface area contributed by atoms with Crippen LogP contribution >= 0.6 is 11.6 Å². The van der Waals surface area contributed by atoms with Gasteiger partial charge in [-0.2, -0.15) is 13.2 Å². The number of hydrogen-bond donors (Lipinski definition) is 1. The smallest absolute Gasteiger partial charge is 0.378 e. The van der Waals surface area contributed by atoms with E-state index in [1.165, 1.54) is 18.2 Å². The van der Waals surface area contributed by atoms with Crippen molar-refractivity contribution in [2.75, 3.05) is 31.2 Å². The number of aromatic nitrogens is 1. The van der Waals surface area contributed by atoms with Crippen LogP contribution in [0.2, 0.25) is 5.02 Å². The highest BCUT2D eigenvalue weighted by molar-refractivity contribution is 6.31. The Bertz CT molecular complexity index is 897. The van der Waals surface area contributed by atoms with Crippen molar-refractivity contribution in [2.24, 2.45) is 0 Å². The molecular formula is C20H19ClF3N3O2. The lowest BCUT2D eigenvalue weighted by Crippen LogP contribution is -2.36. The molecule has 1 aliphatic heterocycles. The molecule has 1 N–H and O–H groups in total. The summed E-state index contributed by atoms with van der Waals surface area (Å²) in [5.74, 6) is 0.398. The van der Waals surface area contributed by atoms with Gasteiger partial charge in [-0.25, -0.2) is 4.98 Å². The summed E-state index contributed by atoms with van der Waals surface area (Å²) in [4.78, 5) is 18.5. The summed E-state index contributed by atoms with van der Waals surface area (Å²) in [5, 5.41) is 2.33. The number of rotatable bonds is 5. The molecule has 1 aromatic heterocycles. The van der Waals surface area contributed by atoms with E-state index in [4.69, 9.17) is 16.3 Å². The first kappa shape index (κ1) is 21.1. The molecule has 0 unspecified atom stereocenters. The monoisotopic (exact) mass is 425 g/mol.